The van der Waals surface area contributed by atoms with Crippen LogP contribution in [0.5, 0.6) is 0 Å². The Labute approximate surface area is 181 Å². The van der Waals surface area contributed by atoms with Crippen LogP contribution in [0, 0.1) is 5.92 Å². The molecule has 8 nitrogen and oxygen atoms in total. The Morgan fingerprint density at radius 2 is 1.71 bits per heavy atom. The minimum Gasteiger partial charge on any atom is -0.469 e. The van der Waals surface area contributed by atoms with Crippen LogP contribution in [-0.2, 0) is 25.7 Å². The van der Waals surface area contributed by atoms with Gasteiger partial charge in [-0.15, -0.1) is 0 Å². The first-order chi connectivity index (χ1) is 14.9. The number of piperidine rings is 1. The van der Waals surface area contributed by atoms with E-state index in [1.807, 2.05) is 32.0 Å². The molecule has 1 aromatic carbocycles. The van der Waals surface area contributed by atoms with Gasteiger partial charge < -0.3 is 19.1 Å². The number of methoxy groups -OCH3 is 1. The van der Waals surface area contributed by atoms with Crippen LogP contribution in [0.2, 0.25) is 0 Å². The van der Waals surface area contributed by atoms with E-state index in [0.29, 0.717) is 50.0 Å². The van der Waals surface area contributed by atoms with Gasteiger partial charge in [0.1, 0.15) is 6.54 Å². The number of carbonyl (C=O) groups excluding carboxylic acids is 4. The molecule has 1 saturated heterocycles. The number of Topliss-reactive ketones (excluding diaryl/α,β-unsaturated/α-hetero) is 1. The molecule has 0 radical (unpaired) electrons. The van der Waals surface area contributed by atoms with Gasteiger partial charge in [-0.05, 0) is 32.8 Å². The second kappa shape index (κ2) is 9.76. The van der Waals surface area contributed by atoms with Crippen molar-refractivity contribution < 1.29 is 23.9 Å². The minimum absolute atomic E-state index is 0.0408. The normalized spacial score (nSPS) is 14.5. The molecular weight excluding hydrogens is 398 g/mol. The molecule has 1 aliphatic rings. The number of benzene rings is 1. The lowest BCUT2D eigenvalue weighted by Gasteiger charge is -2.30. The van der Waals surface area contributed by atoms with Crippen LogP contribution in [0.15, 0.2) is 30.5 Å². The number of hydrogen-bond donors (Lipinski definition) is 0. The zero-order valence-corrected chi connectivity index (χ0v) is 18.3. The summed E-state index contributed by atoms with van der Waals surface area (Å²) >= 11 is 0. The van der Waals surface area contributed by atoms with Crippen LogP contribution < -0.4 is 0 Å². The molecule has 166 valence electrons. The highest BCUT2D eigenvalue weighted by atomic mass is 16.5. The van der Waals surface area contributed by atoms with Gasteiger partial charge in [0.2, 0.25) is 5.91 Å². The molecule has 1 fully saturated rings. The van der Waals surface area contributed by atoms with Gasteiger partial charge in [-0.1, -0.05) is 18.2 Å². The van der Waals surface area contributed by atoms with E-state index in [0.717, 1.165) is 5.52 Å². The average Bonchev–Trinajstić information content (AvgIpc) is 3.16. The van der Waals surface area contributed by atoms with E-state index < -0.39 is 11.7 Å². The zero-order valence-electron chi connectivity index (χ0n) is 18.3. The van der Waals surface area contributed by atoms with Crippen molar-refractivity contribution in [3.63, 3.8) is 0 Å². The number of para-hydroxylation sites is 1. The maximum Gasteiger partial charge on any atom is 0.308 e. The lowest BCUT2D eigenvalue weighted by atomic mass is 9.96. The highest BCUT2D eigenvalue weighted by Gasteiger charge is 2.32. The van der Waals surface area contributed by atoms with Crippen LogP contribution in [0.1, 0.15) is 37.0 Å². The van der Waals surface area contributed by atoms with Crippen molar-refractivity contribution in [1.29, 1.82) is 0 Å². The van der Waals surface area contributed by atoms with E-state index >= 15 is 0 Å². The van der Waals surface area contributed by atoms with E-state index in [4.69, 9.17) is 4.74 Å². The standard InChI is InChI=1S/C23H29N3O5/c1-4-24(5-2)20(27)15-26-14-18(17-8-6-7-9-19(17)26)21(28)22(29)25-12-10-16(11-13-25)23(30)31-3/h6-9,14,16H,4-5,10-13,15H2,1-3H3. The maximum atomic E-state index is 13.1. The summed E-state index contributed by atoms with van der Waals surface area (Å²) in [4.78, 5) is 53.5. The Hall–Kier alpha value is -3.16. The molecule has 1 aromatic heterocycles. The first-order valence-electron chi connectivity index (χ1n) is 10.7. The number of nitrogens with zero attached hydrogens (tertiary/aromatic N) is 3. The van der Waals surface area contributed by atoms with Gasteiger partial charge in [0, 0.05) is 43.3 Å². The molecule has 2 amide bonds. The van der Waals surface area contributed by atoms with Crippen LogP contribution >= 0.6 is 0 Å². The lowest BCUT2D eigenvalue weighted by Crippen LogP contribution is -2.43. The average molecular weight is 428 g/mol. The number of carbonyl (C=O) groups is 4. The molecule has 0 saturated carbocycles. The zero-order chi connectivity index (χ0) is 22.5. The van der Waals surface area contributed by atoms with Crippen molar-refractivity contribution in [2.24, 2.45) is 5.92 Å². The van der Waals surface area contributed by atoms with E-state index in [1.165, 1.54) is 12.0 Å². The fourth-order valence-electron chi connectivity index (χ4n) is 4.12. The van der Waals surface area contributed by atoms with Crippen molar-refractivity contribution in [3.05, 3.63) is 36.0 Å². The number of ether oxygens (including phenoxy) is 1. The molecule has 2 heterocycles. The molecule has 0 spiro atoms. The summed E-state index contributed by atoms with van der Waals surface area (Å²) in [6.07, 6.45) is 2.56. The highest BCUT2D eigenvalue weighted by Crippen LogP contribution is 2.24. The highest BCUT2D eigenvalue weighted by molar-refractivity contribution is 6.44. The van der Waals surface area contributed by atoms with Gasteiger partial charge in [0.05, 0.1) is 18.6 Å². The van der Waals surface area contributed by atoms with Crippen LogP contribution in [-0.4, -0.2) is 71.2 Å². The second-order valence-electron chi connectivity index (χ2n) is 7.67. The Morgan fingerprint density at radius 1 is 1.06 bits per heavy atom. The van der Waals surface area contributed by atoms with Gasteiger partial charge in [0.15, 0.2) is 0 Å². The van der Waals surface area contributed by atoms with Crippen molar-refractivity contribution in [3.8, 4) is 0 Å². The smallest absolute Gasteiger partial charge is 0.308 e. The van der Waals surface area contributed by atoms with Gasteiger partial charge >= 0.3 is 5.97 Å². The molecule has 0 unspecified atom stereocenters. The molecule has 8 heteroatoms. The van der Waals surface area contributed by atoms with Crippen molar-refractivity contribution >= 4 is 34.5 Å². The van der Waals surface area contributed by atoms with Crippen LogP contribution in [0.25, 0.3) is 10.9 Å². The van der Waals surface area contributed by atoms with Crippen molar-refractivity contribution in [1.82, 2.24) is 14.4 Å². The number of ketones is 1. The van der Waals surface area contributed by atoms with Gasteiger partial charge in [0.25, 0.3) is 11.7 Å². The fourth-order valence-corrected chi connectivity index (χ4v) is 4.12. The topological polar surface area (TPSA) is 88.9 Å². The summed E-state index contributed by atoms with van der Waals surface area (Å²) in [5, 5.41) is 0.651. The number of fused-ring (bicyclic) bond motifs is 1. The molecule has 0 aliphatic carbocycles. The molecule has 0 N–H and O–H groups in total. The Balaban J connectivity index is 1.81. The van der Waals surface area contributed by atoms with E-state index in [9.17, 15) is 19.2 Å². The third-order valence-electron chi connectivity index (χ3n) is 5.97. The quantitative estimate of drug-likeness (QED) is 0.384. The Kier molecular flexibility index (Phi) is 7.09. The third-order valence-corrected chi connectivity index (χ3v) is 5.97. The summed E-state index contributed by atoms with van der Waals surface area (Å²) < 4.78 is 6.51. The number of amides is 2. The lowest BCUT2D eigenvalue weighted by molar-refractivity contribution is -0.148. The summed E-state index contributed by atoms with van der Waals surface area (Å²) in [6, 6.07) is 7.28. The van der Waals surface area contributed by atoms with Gasteiger partial charge in [-0.25, -0.2) is 0 Å². The Morgan fingerprint density at radius 3 is 2.32 bits per heavy atom. The van der Waals surface area contributed by atoms with Gasteiger partial charge in [-0.3, -0.25) is 19.2 Å². The first-order valence-corrected chi connectivity index (χ1v) is 10.7. The number of rotatable bonds is 7. The summed E-state index contributed by atoms with van der Waals surface area (Å²) in [7, 11) is 1.35. The second-order valence-corrected chi connectivity index (χ2v) is 7.67. The summed E-state index contributed by atoms with van der Waals surface area (Å²) in [5.74, 6) is -1.74. The summed E-state index contributed by atoms with van der Waals surface area (Å²) in [5.41, 5.74) is 1.03. The largest absolute Gasteiger partial charge is 0.469 e. The van der Waals surface area contributed by atoms with Crippen LogP contribution in [0.4, 0.5) is 0 Å². The third kappa shape index (κ3) is 4.62. The minimum atomic E-state index is -0.596. The predicted octanol–water partition coefficient (Wildman–Crippen LogP) is 2.10. The molecular formula is C23H29N3O5. The molecule has 0 bridgehead atoms. The van der Waals surface area contributed by atoms with E-state index in [-0.39, 0.29) is 24.3 Å². The molecule has 3 rings (SSSR count). The number of aromatic nitrogens is 1. The Bertz CT molecular complexity index is 984. The SMILES string of the molecule is CCN(CC)C(=O)Cn1cc(C(=O)C(=O)N2CCC(C(=O)OC)CC2)c2ccccc21. The molecule has 1 aliphatic heterocycles. The molecule has 2 aromatic rings. The number of hydrogen-bond acceptors (Lipinski definition) is 5. The maximum absolute atomic E-state index is 13.1. The van der Waals surface area contributed by atoms with Crippen molar-refractivity contribution in [2.45, 2.75) is 33.2 Å². The fraction of sp³-hybridized carbons (Fsp3) is 0.478. The summed E-state index contributed by atoms with van der Waals surface area (Å²) in [6.45, 7) is 5.85. The number of likely N-dealkylation sites (N-methyl/N-ethyl adjacent to an activating group) is 1. The predicted molar refractivity (Wildman–Crippen MR) is 116 cm³/mol. The van der Waals surface area contributed by atoms with E-state index in [1.54, 1.807) is 21.7 Å². The number of esters is 1. The first kappa shape index (κ1) is 22.5. The number of likely N-dealkylation sites (tertiary alicyclic amines) is 1. The van der Waals surface area contributed by atoms with Crippen LogP contribution in [0.3, 0.4) is 0 Å². The van der Waals surface area contributed by atoms with E-state index in [2.05, 4.69) is 0 Å². The monoisotopic (exact) mass is 427 g/mol. The molecule has 0 atom stereocenters. The van der Waals surface area contributed by atoms with Crippen molar-refractivity contribution in [2.75, 3.05) is 33.3 Å². The molecule has 31 heavy (non-hydrogen) atoms. The van der Waals surface area contributed by atoms with Gasteiger partial charge in [-0.2, -0.15) is 0 Å².